The molecule has 3 aliphatic rings. The van der Waals surface area contributed by atoms with E-state index < -0.39 is 124 Å². The van der Waals surface area contributed by atoms with E-state index in [-0.39, 0.29) is 18.9 Å². The van der Waals surface area contributed by atoms with E-state index in [2.05, 4.69) is 43.5 Å². The minimum Gasteiger partial charge on any atom is -0.394 e. The Morgan fingerprint density at radius 1 is 0.590 bits per heavy atom. The monoisotopic (exact) mass is 879 g/mol. The van der Waals surface area contributed by atoms with Crippen LogP contribution in [0.15, 0.2) is 36.5 Å². The molecule has 0 spiro atoms. The minimum absolute atomic E-state index is 0.228. The molecular formula is C42H73NO18. The molecule has 19 heteroatoms. The number of carbonyl (C=O) groups is 1. The van der Waals surface area contributed by atoms with Crippen LogP contribution in [0.5, 0.6) is 0 Å². The molecule has 0 radical (unpaired) electrons. The van der Waals surface area contributed by atoms with Crippen LogP contribution in [0.4, 0.5) is 0 Å². The molecule has 12 N–H and O–H groups in total. The van der Waals surface area contributed by atoms with Crippen LogP contribution >= 0.6 is 0 Å². The van der Waals surface area contributed by atoms with Crippen molar-refractivity contribution < 1.29 is 89.4 Å². The number of allylic oxidation sites excluding steroid dienone is 5. The van der Waals surface area contributed by atoms with Gasteiger partial charge in [-0.3, -0.25) is 4.79 Å². The van der Waals surface area contributed by atoms with E-state index >= 15 is 0 Å². The number of aliphatic hydroxyl groups is 11. The van der Waals surface area contributed by atoms with E-state index in [4.69, 9.17) is 28.4 Å². The highest BCUT2D eigenvalue weighted by molar-refractivity contribution is 5.76. The fourth-order valence-electron chi connectivity index (χ4n) is 7.22. The second-order valence-electron chi connectivity index (χ2n) is 15.8. The molecule has 61 heavy (non-hydrogen) atoms. The third-order valence-electron chi connectivity index (χ3n) is 10.9. The van der Waals surface area contributed by atoms with Crippen LogP contribution in [0.1, 0.15) is 90.9 Å². The van der Waals surface area contributed by atoms with Crippen molar-refractivity contribution in [1.29, 1.82) is 0 Å². The van der Waals surface area contributed by atoms with Gasteiger partial charge in [-0.15, -0.1) is 0 Å². The zero-order valence-corrected chi connectivity index (χ0v) is 35.4. The van der Waals surface area contributed by atoms with Gasteiger partial charge in [0.25, 0.3) is 0 Å². The van der Waals surface area contributed by atoms with Crippen LogP contribution in [-0.2, 0) is 33.2 Å². The summed E-state index contributed by atoms with van der Waals surface area (Å²) in [6.45, 7) is 1.41. The van der Waals surface area contributed by atoms with Crippen molar-refractivity contribution in [2.75, 3.05) is 26.4 Å². The molecule has 0 aromatic heterocycles. The van der Waals surface area contributed by atoms with Gasteiger partial charge in [0.1, 0.15) is 73.2 Å². The van der Waals surface area contributed by atoms with Gasteiger partial charge in [0, 0.05) is 6.42 Å². The van der Waals surface area contributed by atoms with E-state index in [9.17, 15) is 61.0 Å². The summed E-state index contributed by atoms with van der Waals surface area (Å²) in [4.78, 5) is 13.0. The minimum atomic E-state index is -1.98. The highest BCUT2D eigenvalue weighted by Crippen LogP contribution is 2.32. The number of ether oxygens (including phenoxy) is 6. The first kappa shape index (κ1) is 53.3. The topological polar surface area (TPSA) is 307 Å². The molecule has 3 saturated heterocycles. The van der Waals surface area contributed by atoms with Gasteiger partial charge in [-0.25, -0.2) is 0 Å². The molecule has 1 amide bonds. The van der Waals surface area contributed by atoms with Gasteiger partial charge in [0.15, 0.2) is 18.9 Å². The molecule has 0 saturated carbocycles. The van der Waals surface area contributed by atoms with Crippen LogP contribution in [0, 0.1) is 0 Å². The summed E-state index contributed by atoms with van der Waals surface area (Å²) in [5, 5.41) is 119. The van der Waals surface area contributed by atoms with Gasteiger partial charge in [0.2, 0.25) is 5.91 Å². The number of unbranched alkanes of at least 4 members (excludes halogenated alkanes) is 7. The maximum absolute atomic E-state index is 13.0. The second kappa shape index (κ2) is 28.7. The summed E-state index contributed by atoms with van der Waals surface area (Å²) in [6.07, 6.45) is -4.74. The Morgan fingerprint density at radius 2 is 1.07 bits per heavy atom. The van der Waals surface area contributed by atoms with E-state index in [1.165, 1.54) is 0 Å². The first-order valence-corrected chi connectivity index (χ1v) is 21.7. The Bertz CT molecular complexity index is 1290. The average molecular weight is 880 g/mol. The van der Waals surface area contributed by atoms with E-state index in [0.717, 1.165) is 57.8 Å². The van der Waals surface area contributed by atoms with Crippen molar-refractivity contribution in [2.24, 2.45) is 0 Å². The summed E-state index contributed by atoms with van der Waals surface area (Å²) < 4.78 is 33.8. The van der Waals surface area contributed by atoms with Crippen molar-refractivity contribution in [3.8, 4) is 0 Å². The molecule has 0 aliphatic carbocycles. The van der Waals surface area contributed by atoms with Crippen molar-refractivity contribution in [2.45, 2.75) is 195 Å². The van der Waals surface area contributed by atoms with Gasteiger partial charge >= 0.3 is 0 Å². The molecule has 0 aromatic carbocycles. The number of aliphatic hydroxyl groups excluding tert-OH is 11. The molecule has 3 heterocycles. The molecule has 17 atom stereocenters. The first-order chi connectivity index (χ1) is 29.3. The smallest absolute Gasteiger partial charge is 0.220 e. The van der Waals surface area contributed by atoms with Crippen LogP contribution in [-0.4, -0.2) is 193 Å². The van der Waals surface area contributed by atoms with Gasteiger partial charge in [0.05, 0.1) is 38.6 Å². The zero-order valence-electron chi connectivity index (χ0n) is 35.4. The molecule has 354 valence electrons. The van der Waals surface area contributed by atoms with E-state index in [1.54, 1.807) is 12.2 Å². The third kappa shape index (κ3) is 16.5. The Balaban J connectivity index is 1.63. The average Bonchev–Trinajstić information content (AvgIpc) is 3.25. The molecule has 3 fully saturated rings. The van der Waals surface area contributed by atoms with Crippen LogP contribution in [0.2, 0.25) is 0 Å². The van der Waals surface area contributed by atoms with Gasteiger partial charge < -0.3 is 89.9 Å². The molecule has 3 rings (SSSR count). The maximum Gasteiger partial charge on any atom is 0.220 e. The zero-order chi connectivity index (χ0) is 44.9. The van der Waals surface area contributed by atoms with Gasteiger partial charge in [-0.2, -0.15) is 0 Å². The van der Waals surface area contributed by atoms with Crippen LogP contribution in [0.25, 0.3) is 0 Å². The summed E-state index contributed by atoms with van der Waals surface area (Å²) >= 11 is 0. The van der Waals surface area contributed by atoms with Crippen molar-refractivity contribution in [1.82, 2.24) is 5.32 Å². The predicted octanol–water partition coefficient (Wildman–Crippen LogP) is -1.31. The van der Waals surface area contributed by atoms with E-state index in [0.29, 0.717) is 12.8 Å². The number of carbonyl (C=O) groups excluding carboxylic acids is 1. The fraction of sp³-hybridized carbons (Fsp3) is 0.833. The van der Waals surface area contributed by atoms with Gasteiger partial charge in [-0.05, 0) is 38.5 Å². The van der Waals surface area contributed by atoms with Crippen molar-refractivity contribution in [3.63, 3.8) is 0 Å². The Hall–Kier alpha value is -1.99. The maximum atomic E-state index is 13.0. The largest absolute Gasteiger partial charge is 0.394 e. The standard InChI is InChI=1S/C42H73NO18/c1-3-5-7-9-11-12-13-14-15-17-19-26(47)25(43-30(48)20-18-16-10-8-6-4-2)24-56-40-36(54)33(51)38(28(22-45)58-40)61-42-37(55)34(52)39(29(23-46)59-42)60-41-35(53)32(50)31(49)27(21-44)57-41/h5,7,12-13,17,19,25-29,31-42,44-47,49-55H,3-4,6,8-11,14-16,18,20-24H2,1-2H3,(H,43,48)/b7-5+,13-12+,19-17+. The van der Waals surface area contributed by atoms with E-state index in [1.807, 2.05) is 0 Å². The normalized spacial score (nSPS) is 35.9. The Labute approximate surface area is 358 Å². The van der Waals surface area contributed by atoms with Crippen LogP contribution in [0.3, 0.4) is 0 Å². The lowest BCUT2D eigenvalue weighted by atomic mass is 9.96. The summed E-state index contributed by atoms with van der Waals surface area (Å²) in [5.74, 6) is -0.307. The number of nitrogens with one attached hydrogen (secondary N) is 1. The summed E-state index contributed by atoms with van der Waals surface area (Å²) in [7, 11) is 0. The fourth-order valence-corrected chi connectivity index (χ4v) is 7.22. The Kier molecular flexibility index (Phi) is 25.1. The SMILES string of the molecule is CC/C=C/CC/C=C/CC/C=C/C(O)C(COC1OC(CO)C(OC2OC(CO)C(OC3OC(CO)C(O)C(O)C3O)C(O)C2O)C(O)C1O)NC(=O)CCCCCCCC. The van der Waals surface area contributed by atoms with Gasteiger partial charge in [-0.1, -0.05) is 82.4 Å². The van der Waals surface area contributed by atoms with Crippen molar-refractivity contribution in [3.05, 3.63) is 36.5 Å². The molecule has 3 aliphatic heterocycles. The highest BCUT2D eigenvalue weighted by atomic mass is 16.8. The molecular weight excluding hydrogens is 806 g/mol. The molecule has 17 unspecified atom stereocenters. The molecule has 19 nitrogen and oxygen atoms in total. The number of hydrogen-bond acceptors (Lipinski definition) is 18. The van der Waals surface area contributed by atoms with Crippen LogP contribution < -0.4 is 5.32 Å². The molecule has 0 aromatic rings. The number of hydrogen-bond donors (Lipinski definition) is 12. The first-order valence-electron chi connectivity index (χ1n) is 21.7. The lowest BCUT2D eigenvalue weighted by Gasteiger charge is -2.48. The lowest BCUT2D eigenvalue weighted by molar-refractivity contribution is -0.379. The molecule has 0 bridgehead atoms. The summed E-state index contributed by atoms with van der Waals surface area (Å²) in [6, 6.07) is -0.986. The summed E-state index contributed by atoms with van der Waals surface area (Å²) in [5.41, 5.74) is 0. The lowest BCUT2D eigenvalue weighted by Crippen LogP contribution is -2.66. The predicted molar refractivity (Wildman–Crippen MR) is 217 cm³/mol. The number of rotatable bonds is 27. The quantitative estimate of drug-likeness (QED) is 0.0337. The Morgan fingerprint density at radius 3 is 1.62 bits per heavy atom. The number of amides is 1. The second-order valence-corrected chi connectivity index (χ2v) is 15.8. The third-order valence-corrected chi connectivity index (χ3v) is 10.9. The highest BCUT2D eigenvalue weighted by Gasteiger charge is 2.53. The van der Waals surface area contributed by atoms with Crippen molar-refractivity contribution >= 4 is 5.91 Å².